The summed E-state index contributed by atoms with van der Waals surface area (Å²) in [4.78, 5) is 47.0. The van der Waals surface area contributed by atoms with Crippen molar-refractivity contribution in [2.24, 2.45) is 0 Å². The number of carbonyl (C=O) groups is 4. The van der Waals surface area contributed by atoms with Crippen LogP contribution in [0.5, 0.6) is 0 Å². The Bertz CT molecular complexity index is 616. The number of ether oxygens (including phenoxy) is 4. The zero-order valence-corrected chi connectivity index (χ0v) is 12.9. The van der Waals surface area contributed by atoms with Gasteiger partial charge in [-0.3, -0.25) is 19.4 Å². The van der Waals surface area contributed by atoms with Crippen molar-refractivity contribution in [2.45, 2.75) is 37.5 Å². The van der Waals surface area contributed by atoms with Gasteiger partial charge in [0.15, 0.2) is 24.9 Å². The second-order valence-corrected chi connectivity index (χ2v) is 5.85. The number of nitrogens with zero attached hydrogens (tertiary/aromatic N) is 2. The molecule has 14 heteroatoms. The Balaban J connectivity index is 1.40. The van der Waals surface area contributed by atoms with Crippen LogP contribution >= 0.6 is 0 Å². The maximum atomic E-state index is 11.7. The van der Waals surface area contributed by atoms with Gasteiger partial charge >= 0.3 is 24.0 Å². The summed E-state index contributed by atoms with van der Waals surface area (Å²) < 4.78 is 22.0. The van der Waals surface area contributed by atoms with Gasteiger partial charge in [0.1, 0.15) is 13.1 Å². The molecule has 0 aliphatic carbocycles. The summed E-state index contributed by atoms with van der Waals surface area (Å²) in [5, 5.41) is 22.6. The topological polar surface area (TPSA) is 176 Å². The molecule has 0 bridgehead atoms. The third kappa shape index (κ3) is 2.68. The number of amides is 4. The van der Waals surface area contributed by atoms with E-state index in [0.29, 0.717) is 0 Å². The Hall–Kier alpha value is -2.68. The van der Waals surface area contributed by atoms with Crippen LogP contribution in [-0.4, -0.2) is 94.6 Å². The molecule has 0 radical (unpaired) electrons. The summed E-state index contributed by atoms with van der Waals surface area (Å²) in [5.74, 6) is -2.44. The van der Waals surface area contributed by atoms with Crippen LogP contribution in [0.3, 0.4) is 0 Å². The molecule has 4 amide bonds. The van der Waals surface area contributed by atoms with Crippen molar-refractivity contribution in [3.05, 3.63) is 0 Å². The number of nitrogens with one attached hydrogen (secondary N) is 2. The minimum absolute atomic E-state index is 0.580. The molecular weight excluding hydrogens is 360 g/mol. The van der Waals surface area contributed by atoms with Gasteiger partial charge in [0.25, 0.3) is 0 Å². The summed E-state index contributed by atoms with van der Waals surface area (Å²) in [6.45, 7) is -1.16. The maximum Gasteiger partial charge on any atom is 0.323 e. The lowest BCUT2D eigenvalue weighted by Gasteiger charge is -2.23. The molecular formula is C12H14N4O10. The average molecular weight is 374 g/mol. The first-order chi connectivity index (χ1) is 12.3. The first-order valence-electron chi connectivity index (χ1n) is 7.53. The number of urea groups is 2. The zero-order valence-electron chi connectivity index (χ0n) is 12.9. The van der Waals surface area contributed by atoms with Gasteiger partial charge in [-0.05, 0) is 0 Å². The normalized spacial score (nSPS) is 38.2. The predicted octanol–water partition coefficient (Wildman–Crippen LogP) is -2.74. The number of rotatable bonds is 5. The molecule has 4 aliphatic heterocycles. The lowest BCUT2D eigenvalue weighted by Crippen LogP contribution is -2.43. The number of hydrogen-bond acceptors (Lipinski definition) is 8. The molecule has 0 saturated carbocycles. The van der Waals surface area contributed by atoms with E-state index in [1.807, 2.05) is 0 Å². The van der Waals surface area contributed by atoms with E-state index in [2.05, 4.69) is 10.6 Å². The molecule has 142 valence electrons. The number of carboxylic acid groups (broad SMARTS) is 2. The van der Waals surface area contributed by atoms with Crippen LogP contribution in [-0.2, 0) is 28.5 Å². The van der Waals surface area contributed by atoms with Crippen LogP contribution < -0.4 is 10.6 Å². The fraction of sp³-hybridized carbons (Fsp3) is 0.667. The quantitative estimate of drug-likeness (QED) is 0.395. The molecule has 6 atom stereocenters. The van der Waals surface area contributed by atoms with E-state index in [1.54, 1.807) is 0 Å². The summed E-state index contributed by atoms with van der Waals surface area (Å²) >= 11 is 0. The fourth-order valence-corrected chi connectivity index (χ4v) is 3.10. The molecule has 0 unspecified atom stereocenters. The van der Waals surface area contributed by atoms with Crippen LogP contribution in [0.15, 0.2) is 0 Å². The lowest BCUT2D eigenvalue weighted by atomic mass is 10.4. The van der Waals surface area contributed by atoms with Gasteiger partial charge in [0, 0.05) is 0 Å². The predicted molar refractivity (Wildman–Crippen MR) is 72.8 cm³/mol. The molecule has 4 N–H and O–H groups in total. The van der Waals surface area contributed by atoms with E-state index >= 15 is 0 Å². The molecule has 4 fully saturated rings. The highest BCUT2D eigenvalue weighted by molar-refractivity contribution is 5.83. The van der Waals surface area contributed by atoms with E-state index in [-0.39, 0.29) is 0 Å². The van der Waals surface area contributed by atoms with E-state index in [1.165, 1.54) is 0 Å². The summed E-state index contributed by atoms with van der Waals surface area (Å²) in [6, 6.07) is -1.29. The highest BCUT2D eigenvalue weighted by Gasteiger charge is 2.57. The van der Waals surface area contributed by atoms with Crippen molar-refractivity contribution in [1.29, 1.82) is 0 Å². The summed E-state index contributed by atoms with van der Waals surface area (Å²) in [6.07, 6.45) is -6.03. The minimum Gasteiger partial charge on any atom is -0.480 e. The number of fused-ring (bicyclic) bond motifs is 2. The molecule has 0 aromatic heterocycles. The largest absolute Gasteiger partial charge is 0.480 e. The summed E-state index contributed by atoms with van der Waals surface area (Å²) in [7, 11) is 0. The van der Waals surface area contributed by atoms with Crippen LogP contribution in [0.4, 0.5) is 9.59 Å². The Labute approximate surface area is 144 Å². The van der Waals surface area contributed by atoms with E-state index in [0.717, 1.165) is 9.80 Å². The van der Waals surface area contributed by atoms with Gasteiger partial charge in [-0.25, -0.2) is 9.59 Å². The molecule has 26 heavy (non-hydrogen) atoms. The third-order valence-corrected chi connectivity index (χ3v) is 4.13. The van der Waals surface area contributed by atoms with Crippen LogP contribution in [0.1, 0.15) is 0 Å². The SMILES string of the molecule is O=C(O)CN1C(=O)N[C@H]2O[C@H]([C@@H]3O[C@H]4NC(=O)N(CC(=O)O)[C@H]4O3)O[C@H]21. The number of aliphatic carboxylic acids is 2. The van der Waals surface area contributed by atoms with E-state index < -0.39 is 74.6 Å². The first kappa shape index (κ1) is 16.8. The van der Waals surface area contributed by atoms with Crippen molar-refractivity contribution in [3.8, 4) is 0 Å². The molecule has 14 nitrogen and oxygen atoms in total. The van der Waals surface area contributed by atoms with E-state index in [4.69, 9.17) is 29.2 Å². The van der Waals surface area contributed by atoms with Gasteiger partial charge in [-0.2, -0.15) is 0 Å². The monoisotopic (exact) mass is 374 g/mol. The van der Waals surface area contributed by atoms with Gasteiger partial charge in [-0.1, -0.05) is 0 Å². The second kappa shape index (κ2) is 5.94. The highest BCUT2D eigenvalue weighted by atomic mass is 16.8. The highest BCUT2D eigenvalue weighted by Crippen LogP contribution is 2.34. The smallest absolute Gasteiger partial charge is 0.323 e. The van der Waals surface area contributed by atoms with Crippen molar-refractivity contribution in [2.75, 3.05) is 13.1 Å². The first-order valence-corrected chi connectivity index (χ1v) is 7.53. The zero-order chi connectivity index (χ0) is 18.6. The van der Waals surface area contributed by atoms with Gasteiger partial charge in [0.2, 0.25) is 12.6 Å². The number of carbonyl (C=O) groups excluding carboxylic acids is 2. The molecule has 0 aromatic rings. The number of carboxylic acids is 2. The Morgan fingerprint density at radius 3 is 1.54 bits per heavy atom. The molecule has 4 saturated heterocycles. The van der Waals surface area contributed by atoms with Crippen molar-refractivity contribution < 1.29 is 48.3 Å². The Morgan fingerprint density at radius 2 is 1.19 bits per heavy atom. The van der Waals surface area contributed by atoms with Gasteiger partial charge in [0.05, 0.1) is 0 Å². The Kier molecular flexibility index (Phi) is 3.83. The summed E-state index contributed by atoms with van der Waals surface area (Å²) in [5.41, 5.74) is 0. The molecule has 4 heterocycles. The average Bonchev–Trinajstić information content (AvgIpc) is 3.24. The number of hydrogen-bond donors (Lipinski definition) is 4. The molecule has 0 aromatic carbocycles. The van der Waals surface area contributed by atoms with Gasteiger partial charge in [-0.15, -0.1) is 0 Å². The molecule has 4 aliphatic rings. The Morgan fingerprint density at radius 1 is 0.808 bits per heavy atom. The van der Waals surface area contributed by atoms with Crippen LogP contribution in [0.25, 0.3) is 0 Å². The second-order valence-electron chi connectivity index (χ2n) is 5.85. The van der Waals surface area contributed by atoms with Crippen molar-refractivity contribution >= 4 is 24.0 Å². The van der Waals surface area contributed by atoms with Crippen LogP contribution in [0, 0.1) is 0 Å². The lowest BCUT2D eigenvalue weighted by molar-refractivity contribution is -0.235. The van der Waals surface area contributed by atoms with Crippen molar-refractivity contribution in [3.63, 3.8) is 0 Å². The molecule has 0 spiro atoms. The van der Waals surface area contributed by atoms with E-state index in [9.17, 15) is 19.2 Å². The van der Waals surface area contributed by atoms with Gasteiger partial charge < -0.3 is 39.8 Å². The van der Waals surface area contributed by atoms with Crippen LogP contribution in [0.2, 0.25) is 0 Å². The fourth-order valence-electron chi connectivity index (χ4n) is 3.10. The standard InChI is InChI=1S/C12H14N4O10/c17-3(18)1-15-7-5(13-11(15)21)23-9(25-7)10-24-6-8(26-10)16(2-4(19)20)12(22)14-6/h5-10H,1-2H2,(H,13,21)(H,14,22)(H,17,18)(H,19,20)/t5-,6+,7+,8-,9-,10+. The molecule has 4 rings (SSSR count). The van der Waals surface area contributed by atoms with Crippen molar-refractivity contribution in [1.82, 2.24) is 20.4 Å². The third-order valence-electron chi connectivity index (χ3n) is 4.13. The maximum absolute atomic E-state index is 11.7. The minimum atomic E-state index is -1.22.